The van der Waals surface area contributed by atoms with Gasteiger partial charge in [0, 0.05) is 25.8 Å². The second kappa shape index (κ2) is 4.91. The van der Waals surface area contributed by atoms with E-state index in [1.807, 2.05) is 0 Å². The molecule has 100 valence electrons. The highest BCUT2D eigenvalue weighted by Gasteiger charge is 2.34. The van der Waals surface area contributed by atoms with E-state index in [0.29, 0.717) is 6.42 Å². The van der Waals surface area contributed by atoms with Crippen LogP contribution >= 0.6 is 0 Å². The summed E-state index contributed by atoms with van der Waals surface area (Å²) in [5, 5.41) is 7.67. The Labute approximate surface area is 100 Å². The van der Waals surface area contributed by atoms with E-state index >= 15 is 0 Å². The van der Waals surface area contributed by atoms with E-state index in [4.69, 9.17) is 5.11 Å². The molecular formula is C8H15NO6S2. The molecule has 0 amide bonds. The molecule has 0 radical (unpaired) electrons. The van der Waals surface area contributed by atoms with Crippen molar-refractivity contribution in [2.24, 2.45) is 5.92 Å². The minimum atomic E-state index is -3.83. The van der Waals surface area contributed by atoms with E-state index in [9.17, 15) is 21.6 Å². The summed E-state index contributed by atoms with van der Waals surface area (Å²) in [7, 11) is -7.44. The monoisotopic (exact) mass is 285 g/mol. The molecule has 17 heavy (non-hydrogen) atoms. The highest BCUT2D eigenvalue weighted by atomic mass is 32.3. The number of carboxylic acid groups (broad SMARTS) is 1. The second-order valence-corrected chi connectivity index (χ2v) is 8.74. The predicted molar refractivity (Wildman–Crippen MR) is 60.6 cm³/mol. The molecule has 1 saturated heterocycles. The van der Waals surface area contributed by atoms with E-state index in [1.165, 1.54) is 0 Å². The Morgan fingerprint density at radius 3 is 2.41 bits per heavy atom. The first kappa shape index (κ1) is 14.4. The summed E-state index contributed by atoms with van der Waals surface area (Å²) >= 11 is 0. The van der Waals surface area contributed by atoms with Crippen LogP contribution in [0.2, 0.25) is 0 Å². The number of sulfonamides is 1. The molecule has 1 aliphatic rings. The Morgan fingerprint density at radius 2 is 1.94 bits per heavy atom. The van der Waals surface area contributed by atoms with Crippen LogP contribution in [0.15, 0.2) is 0 Å². The first-order chi connectivity index (χ1) is 7.60. The van der Waals surface area contributed by atoms with Gasteiger partial charge in [-0.25, -0.2) is 21.1 Å². The second-order valence-electron chi connectivity index (χ2n) is 4.27. The lowest BCUT2D eigenvalue weighted by atomic mass is 10.1. The fourth-order valence-corrected chi connectivity index (χ4v) is 5.39. The van der Waals surface area contributed by atoms with Crippen molar-refractivity contribution in [2.75, 3.05) is 24.4 Å². The number of nitrogens with zero attached hydrogens (tertiary/aromatic N) is 1. The highest BCUT2D eigenvalue weighted by Crippen LogP contribution is 2.22. The van der Waals surface area contributed by atoms with Gasteiger partial charge in [0.25, 0.3) is 0 Å². The van der Waals surface area contributed by atoms with Crippen LogP contribution in [0.4, 0.5) is 0 Å². The molecule has 1 heterocycles. The molecule has 0 bridgehead atoms. The van der Waals surface area contributed by atoms with Crippen LogP contribution in [-0.4, -0.2) is 56.6 Å². The molecule has 0 aromatic rings. The maximum Gasteiger partial charge on any atom is 0.303 e. The maximum absolute atomic E-state index is 11.7. The summed E-state index contributed by atoms with van der Waals surface area (Å²) in [6.45, 7) is 0.278. The van der Waals surface area contributed by atoms with E-state index in [0.717, 1.165) is 10.6 Å². The largest absolute Gasteiger partial charge is 0.481 e. The maximum atomic E-state index is 11.7. The number of carboxylic acids is 1. The summed E-state index contributed by atoms with van der Waals surface area (Å²) in [5.74, 6) is -1.21. The third kappa shape index (κ3) is 4.60. The van der Waals surface area contributed by atoms with Gasteiger partial charge < -0.3 is 5.11 Å². The Balaban J connectivity index is 2.68. The number of hydrogen-bond acceptors (Lipinski definition) is 5. The van der Waals surface area contributed by atoms with Crippen LogP contribution in [0, 0.1) is 5.92 Å². The van der Waals surface area contributed by atoms with Crippen LogP contribution in [0.3, 0.4) is 0 Å². The van der Waals surface area contributed by atoms with Gasteiger partial charge in [-0.3, -0.25) is 4.79 Å². The molecule has 1 fully saturated rings. The third-order valence-corrected chi connectivity index (χ3v) is 6.49. The number of rotatable bonds is 5. The SMILES string of the molecule is CS(=O)(=O)CS(=O)(=O)N1CCC(CC(=O)O)C1. The average Bonchev–Trinajstić information content (AvgIpc) is 2.46. The van der Waals surface area contributed by atoms with Gasteiger partial charge >= 0.3 is 5.97 Å². The topological polar surface area (TPSA) is 109 Å². The van der Waals surface area contributed by atoms with Crippen LogP contribution < -0.4 is 0 Å². The van der Waals surface area contributed by atoms with Crippen molar-refractivity contribution >= 4 is 25.8 Å². The van der Waals surface area contributed by atoms with Gasteiger partial charge in [0.1, 0.15) is 0 Å². The van der Waals surface area contributed by atoms with Gasteiger partial charge in [0.05, 0.1) is 0 Å². The molecule has 1 rings (SSSR count). The van der Waals surface area contributed by atoms with Crippen LogP contribution in [-0.2, 0) is 24.7 Å². The first-order valence-electron chi connectivity index (χ1n) is 4.97. The summed E-state index contributed by atoms with van der Waals surface area (Å²) in [5.41, 5.74) is 0. The van der Waals surface area contributed by atoms with Gasteiger partial charge in [-0.15, -0.1) is 0 Å². The minimum Gasteiger partial charge on any atom is -0.481 e. The van der Waals surface area contributed by atoms with E-state index in [1.54, 1.807) is 0 Å². The molecule has 7 nitrogen and oxygen atoms in total. The fourth-order valence-electron chi connectivity index (χ4n) is 1.81. The molecule has 0 spiro atoms. The molecule has 1 atom stereocenters. The average molecular weight is 285 g/mol. The summed E-state index contributed by atoms with van der Waals surface area (Å²) in [6.07, 6.45) is 1.22. The van der Waals surface area contributed by atoms with Gasteiger partial charge in [-0.2, -0.15) is 0 Å². The summed E-state index contributed by atoms with van der Waals surface area (Å²) in [4.78, 5) is 10.5. The standard InChI is InChI=1S/C8H15NO6S2/c1-16(12,13)6-17(14,15)9-3-2-7(5-9)4-8(10)11/h7H,2-6H2,1H3,(H,10,11). The molecule has 0 aromatic carbocycles. The highest BCUT2D eigenvalue weighted by molar-refractivity contribution is 8.06. The number of aliphatic carboxylic acids is 1. The van der Waals surface area contributed by atoms with Crippen LogP contribution in [0.25, 0.3) is 0 Å². The third-order valence-electron chi connectivity index (χ3n) is 2.47. The number of carbonyl (C=O) groups is 1. The molecule has 0 saturated carbocycles. The van der Waals surface area contributed by atoms with Gasteiger partial charge in [0.2, 0.25) is 10.0 Å². The lowest BCUT2D eigenvalue weighted by Gasteiger charge is -2.15. The van der Waals surface area contributed by atoms with E-state index in [-0.39, 0.29) is 25.4 Å². The first-order valence-corrected chi connectivity index (χ1v) is 8.64. The zero-order chi connectivity index (χ0) is 13.3. The molecule has 1 unspecified atom stereocenters. The lowest BCUT2D eigenvalue weighted by molar-refractivity contribution is -0.137. The van der Waals surface area contributed by atoms with Crippen molar-refractivity contribution in [3.8, 4) is 0 Å². The van der Waals surface area contributed by atoms with Crippen molar-refractivity contribution in [2.45, 2.75) is 12.8 Å². The zero-order valence-corrected chi connectivity index (χ0v) is 11.0. The molecule has 1 N–H and O–H groups in total. The molecule has 1 aliphatic heterocycles. The number of hydrogen-bond donors (Lipinski definition) is 1. The molecule has 0 aromatic heterocycles. The molecular weight excluding hydrogens is 270 g/mol. The van der Waals surface area contributed by atoms with Crippen molar-refractivity contribution < 1.29 is 26.7 Å². The Kier molecular flexibility index (Phi) is 4.15. The minimum absolute atomic E-state index is 0.0875. The van der Waals surface area contributed by atoms with Crippen molar-refractivity contribution in [3.63, 3.8) is 0 Å². The summed E-state index contributed by atoms with van der Waals surface area (Å²) in [6, 6.07) is 0. The van der Waals surface area contributed by atoms with Crippen molar-refractivity contribution in [3.05, 3.63) is 0 Å². The predicted octanol–water partition coefficient (Wildman–Crippen LogP) is -0.885. The number of sulfone groups is 1. The normalized spacial score (nSPS) is 22.8. The van der Waals surface area contributed by atoms with Crippen molar-refractivity contribution in [1.82, 2.24) is 4.31 Å². The van der Waals surface area contributed by atoms with Crippen molar-refractivity contribution in [1.29, 1.82) is 0 Å². The van der Waals surface area contributed by atoms with Crippen LogP contribution in [0.5, 0.6) is 0 Å². The van der Waals surface area contributed by atoms with Gasteiger partial charge in [-0.1, -0.05) is 0 Å². The van der Waals surface area contributed by atoms with Crippen LogP contribution in [0.1, 0.15) is 12.8 Å². The van der Waals surface area contributed by atoms with E-state index < -0.39 is 30.9 Å². The Bertz CT molecular complexity index is 494. The Morgan fingerprint density at radius 1 is 1.35 bits per heavy atom. The Hall–Kier alpha value is -0.670. The summed E-state index contributed by atoms with van der Waals surface area (Å²) < 4.78 is 46.3. The quantitative estimate of drug-likeness (QED) is 0.702. The molecule has 0 aliphatic carbocycles. The zero-order valence-electron chi connectivity index (χ0n) is 9.37. The lowest BCUT2D eigenvalue weighted by Crippen LogP contribution is -2.33. The van der Waals surface area contributed by atoms with E-state index in [2.05, 4.69) is 0 Å². The van der Waals surface area contributed by atoms with Gasteiger partial charge in [0.15, 0.2) is 14.9 Å². The van der Waals surface area contributed by atoms with Gasteiger partial charge in [-0.05, 0) is 12.3 Å². The smallest absolute Gasteiger partial charge is 0.303 e. The fraction of sp³-hybridized carbons (Fsp3) is 0.875. The molecule has 9 heteroatoms.